The lowest BCUT2D eigenvalue weighted by Gasteiger charge is -2.38. The fourth-order valence-corrected chi connectivity index (χ4v) is 6.52. The number of esters is 1. The van der Waals surface area contributed by atoms with Crippen LogP contribution in [-0.4, -0.2) is 51.3 Å². The number of carbonyl (C=O) groups excluding carboxylic acids is 1. The van der Waals surface area contributed by atoms with Crippen molar-refractivity contribution in [2.24, 2.45) is 0 Å². The maximum Gasteiger partial charge on any atom is 0.307 e. The Morgan fingerprint density at radius 1 is 0.887 bits per heavy atom. The smallest absolute Gasteiger partial charge is 0.307 e. The quantitative estimate of drug-likeness (QED) is 0.0544. The van der Waals surface area contributed by atoms with Gasteiger partial charge >= 0.3 is 5.97 Å². The molecule has 1 saturated heterocycles. The van der Waals surface area contributed by atoms with E-state index in [1.807, 2.05) is 42.3 Å². The maximum atomic E-state index is 13.6. The molecule has 0 N–H and O–H groups in total. The summed E-state index contributed by atoms with van der Waals surface area (Å²) >= 11 is 0. The molecule has 1 fully saturated rings. The molecule has 0 aliphatic carbocycles. The Balaban J connectivity index is 1.07. The van der Waals surface area contributed by atoms with Gasteiger partial charge < -0.3 is 19.1 Å². The molecule has 0 radical (unpaired) electrons. The number of para-hydroxylation sites is 2. The molecule has 4 aromatic rings. The van der Waals surface area contributed by atoms with Crippen molar-refractivity contribution >= 4 is 28.9 Å². The van der Waals surface area contributed by atoms with E-state index in [0.717, 1.165) is 93.4 Å². The van der Waals surface area contributed by atoms with Crippen LogP contribution in [-0.2, 0) is 22.8 Å². The van der Waals surface area contributed by atoms with Crippen LogP contribution in [0.5, 0.6) is 0 Å². The molecular formula is C43H53FN6O3. The highest BCUT2D eigenvalue weighted by atomic mass is 19.1. The molecule has 0 spiro atoms. The Kier molecular flexibility index (Phi) is 15.2. The van der Waals surface area contributed by atoms with E-state index in [4.69, 9.17) is 9.72 Å². The first kappa shape index (κ1) is 39.0. The average molecular weight is 721 g/mol. The van der Waals surface area contributed by atoms with Crippen LogP contribution in [0.2, 0.25) is 0 Å². The summed E-state index contributed by atoms with van der Waals surface area (Å²) in [6.07, 6.45) is 27.3. The van der Waals surface area contributed by atoms with Crippen LogP contribution in [0.25, 0.3) is 11.0 Å². The van der Waals surface area contributed by atoms with E-state index in [1.165, 1.54) is 29.0 Å². The van der Waals surface area contributed by atoms with Gasteiger partial charge in [-0.25, -0.2) is 18.9 Å². The topological polar surface area (TPSA) is 85.5 Å². The minimum absolute atomic E-state index is 0.121. The molecule has 2 aromatic heterocycles. The van der Waals surface area contributed by atoms with Crippen LogP contribution < -0.4 is 15.4 Å². The molecule has 0 amide bonds. The number of piperidine rings is 1. The molecule has 280 valence electrons. The molecule has 1 aliphatic rings. The molecule has 9 nitrogen and oxygen atoms in total. The first-order chi connectivity index (χ1) is 25.9. The molecule has 2 aromatic carbocycles. The number of imidazole rings is 1. The summed E-state index contributed by atoms with van der Waals surface area (Å²) in [6, 6.07) is 16.2. The number of aromatic nitrogens is 4. The van der Waals surface area contributed by atoms with Gasteiger partial charge in [-0.2, -0.15) is 0 Å². The van der Waals surface area contributed by atoms with E-state index in [1.54, 1.807) is 0 Å². The number of hydrogen-bond donors (Lipinski definition) is 0. The Bertz CT molecular complexity index is 1920. The third-order valence-electron chi connectivity index (χ3n) is 9.49. The third kappa shape index (κ3) is 11.6. The number of ether oxygens (including phenoxy) is 1. The van der Waals surface area contributed by atoms with Crippen molar-refractivity contribution in [2.75, 3.05) is 29.9 Å². The lowest BCUT2D eigenvalue weighted by atomic mass is 10.0. The molecule has 1 aliphatic heterocycles. The van der Waals surface area contributed by atoms with Crippen LogP contribution in [0.15, 0.2) is 114 Å². The molecular weight excluding hydrogens is 668 g/mol. The van der Waals surface area contributed by atoms with E-state index in [9.17, 15) is 14.0 Å². The predicted molar refractivity (Wildman–Crippen MR) is 213 cm³/mol. The van der Waals surface area contributed by atoms with E-state index in [2.05, 4.69) is 76.0 Å². The van der Waals surface area contributed by atoms with Gasteiger partial charge in [0.2, 0.25) is 11.9 Å². The van der Waals surface area contributed by atoms with Gasteiger partial charge in [-0.05, 0) is 87.6 Å². The number of carbonyl (C=O) groups is 1. The van der Waals surface area contributed by atoms with Crippen LogP contribution in [0, 0.1) is 5.82 Å². The van der Waals surface area contributed by atoms with Crippen LogP contribution in [0.4, 0.5) is 16.3 Å². The number of unbranched alkanes of at least 4 members (excludes halogenated alkanes) is 2. The fraction of sp³-hybridized carbons (Fsp3) is 0.395. The first-order valence-corrected chi connectivity index (χ1v) is 18.9. The number of anilines is 2. The summed E-state index contributed by atoms with van der Waals surface area (Å²) < 4.78 is 22.8. The van der Waals surface area contributed by atoms with E-state index >= 15 is 0 Å². The van der Waals surface area contributed by atoms with Crippen LogP contribution in [0.1, 0.15) is 76.7 Å². The SMILES string of the molecule is CC/C=C\C/C=C\C/C=C\C/C=C\CCCCC(=O)OCn1c(N(C)C2CCN(c3nc4ccccc4n3Cc3ccc(F)cc3)CC2)nccc1=O. The monoisotopic (exact) mass is 720 g/mol. The third-order valence-corrected chi connectivity index (χ3v) is 9.49. The number of nitrogens with zero attached hydrogens (tertiary/aromatic N) is 6. The standard InChI is InChI=1S/C43H53FN6O3/c1-3-4-5-6-7-8-9-10-11-12-13-14-15-16-17-22-41(52)53-34-50-40(51)27-30-45-42(50)47(2)37-28-31-48(32-29-37)43-46-38-20-18-19-21-39(38)49(43)33-35-23-25-36(44)26-24-35/h4-5,7-8,10-11,13-14,18-21,23-27,30,37H,3,6,9,12,15-17,22,28-29,31-34H2,1-2H3/b5-4-,8-7-,11-10-,14-13-. The Hall–Kier alpha value is -5.25. The molecule has 0 bridgehead atoms. The summed E-state index contributed by atoms with van der Waals surface area (Å²) in [4.78, 5) is 39.4. The zero-order valence-corrected chi connectivity index (χ0v) is 31.2. The van der Waals surface area contributed by atoms with Gasteiger partial charge in [0.15, 0.2) is 6.73 Å². The van der Waals surface area contributed by atoms with Crippen molar-refractivity contribution in [3.63, 3.8) is 0 Å². The molecule has 10 heteroatoms. The lowest BCUT2D eigenvalue weighted by molar-refractivity contribution is -0.147. The highest BCUT2D eigenvalue weighted by molar-refractivity contribution is 5.79. The number of benzene rings is 2. The highest BCUT2D eigenvalue weighted by Gasteiger charge is 2.28. The van der Waals surface area contributed by atoms with Gasteiger partial charge in [0.05, 0.1) is 17.6 Å². The largest absolute Gasteiger partial charge is 0.444 e. The molecule has 53 heavy (non-hydrogen) atoms. The molecule has 0 atom stereocenters. The molecule has 3 heterocycles. The zero-order valence-electron chi connectivity index (χ0n) is 31.2. The van der Waals surface area contributed by atoms with Gasteiger partial charge in [-0.1, -0.05) is 79.8 Å². The average Bonchev–Trinajstić information content (AvgIpc) is 3.54. The van der Waals surface area contributed by atoms with Gasteiger partial charge in [0.1, 0.15) is 5.82 Å². The fourth-order valence-electron chi connectivity index (χ4n) is 6.52. The van der Waals surface area contributed by atoms with Crippen LogP contribution >= 0.6 is 0 Å². The highest BCUT2D eigenvalue weighted by Crippen LogP contribution is 2.28. The second-order valence-corrected chi connectivity index (χ2v) is 13.3. The van der Waals surface area contributed by atoms with Gasteiger partial charge in [0, 0.05) is 44.9 Å². The van der Waals surface area contributed by atoms with E-state index in [-0.39, 0.29) is 30.1 Å². The van der Waals surface area contributed by atoms with E-state index in [0.29, 0.717) is 18.9 Å². The zero-order chi connectivity index (χ0) is 37.3. The number of hydrogen-bond acceptors (Lipinski definition) is 7. The Morgan fingerprint density at radius 2 is 1.57 bits per heavy atom. The summed E-state index contributed by atoms with van der Waals surface area (Å²) in [5.41, 5.74) is 2.69. The minimum Gasteiger partial charge on any atom is -0.444 e. The molecule has 0 saturated carbocycles. The Labute approximate surface area is 312 Å². The van der Waals surface area contributed by atoms with Crippen molar-refractivity contribution < 1.29 is 13.9 Å². The van der Waals surface area contributed by atoms with Crippen molar-refractivity contribution in [1.29, 1.82) is 0 Å². The van der Waals surface area contributed by atoms with E-state index < -0.39 is 0 Å². The Morgan fingerprint density at radius 3 is 2.28 bits per heavy atom. The van der Waals surface area contributed by atoms with Crippen LogP contribution in [0.3, 0.4) is 0 Å². The first-order valence-electron chi connectivity index (χ1n) is 18.9. The summed E-state index contributed by atoms with van der Waals surface area (Å²) in [5, 5.41) is 0. The predicted octanol–water partition coefficient (Wildman–Crippen LogP) is 8.75. The number of allylic oxidation sites excluding steroid dienone is 8. The van der Waals surface area contributed by atoms with Crippen molar-refractivity contribution in [2.45, 2.75) is 90.4 Å². The minimum atomic E-state index is -0.323. The van der Waals surface area contributed by atoms with Crippen molar-refractivity contribution in [3.8, 4) is 0 Å². The second kappa shape index (κ2) is 20.7. The lowest BCUT2D eigenvalue weighted by Crippen LogP contribution is -2.46. The molecule has 5 rings (SSSR count). The van der Waals surface area contributed by atoms with Crippen molar-refractivity contribution in [3.05, 3.63) is 131 Å². The van der Waals surface area contributed by atoms with Gasteiger partial charge in [-0.15, -0.1) is 0 Å². The second-order valence-electron chi connectivity index (χ2n) is 13.3. The number of halogens is 1. The normalized spacial score (nSPS) is 14.1. The summed E-state index contributed by atoms with van der Waals surface area (Å²) in [7, 11) is 1.94. The maximum absolute atomic E-state index is 13.6. The number of rotatable bonds is 19. The van der Waals surface area contributed by atoms with Gasteiger partial charge in [0.25, 0.3) is 5.56 Å². The molecule has 0 unspecified atom stereocenters. The summed E-state index contributed by atoms with van der Waals surface area (Å²) in [5.74, 6) is 0.788. The summed E-state index contributed by atoms with van der Waals surface area (Å²) in [6.45, 7) is 4.07. The van der Waals surface area contributed by atoms with Gasteiger partial charge in [-0.3, -0.25) is 9.59 Å². The van der Waals surface area contributed by atoms with Crippen molar-refractivity contribution in [1.82, 2.24) is 19.1 Å². The number of fused-ring (bicyclic) bond motifs is 1.